The van der Waals surface area contributed by atoms with Gasteiger partial charge in [0.15, 0.2) is 6.61 Å². The molecule has 148 valence electrons. The summed E-state index contributed by atoms with van der Waals surface area (Å²) in [5.41, 5.74) is 1.85. The van der Waals surface area contributed by atoms with E-state index in [1.807, 2.05) is 0 Å². The van der Waals surface area contributed by atoms with Gasteiger partial charge in [0, 0.05) is 17.1 Å². The molecule has 0 saturated heterocycles. The lowest BCUT2D eigenvalue weighted by Crippen LogP contribution is -2.40. The molecule has 0 aliphatic carbocycles. The summed E-state index contributed by atoms with van der Waals surface area (Å²) in [4.78, 5) is 24.8. The monoisotopic (exact) mass is 407 g/mol. The minimum atomic E-state index is -1.11. The highest BCUT2D eigenvalue weighted by molar-refractivity contribution is 6.30. The molecule has 28 heavy (non-hydrogen) atoms. The van der Waals surface area contributed by atoms with Crippen molar-refractivity contribution in [2.75, 3.05) is 19.8 Å². The average Bonchev–Trinajstić information content (AvgIpc) is 2.66. The Morgan fingerprint density at radius 1 is 1.25 bits per heavy atom. The molecule has 6 nitrogen and oxygen atoms in total. The molecule has 0 fully saturated rings. The van der Waals surface area contributed by atoms with Gasteiger partial charge >= 0.3 is 12.1 Å². The normalized spacial score (nSPS) is 15.7. The van der Waals surface area contributed by atoms with Crippen molar-refractivity contribution in [3.63, 3.8) is 0 Å². The maximum absolute atomic E-state index is 13.7. The van der Waals surface area contributed by atoms with Crippen LogP contribution < -0.4 is 4.74 Å². The molecule has 3 rings (SSSR count). The van der Waals surface area contributed by atoms with Crippen molar-refractivity contribution in [1.29, 1.82) is 0 Å². The third kappa shape index (κ3) is 4.20. The smallest absolute Gasteiger partial charge is 0.408 e. The molecule has 1 aliphatic heterocycles. The zero-order valence-electron chi connectivity index (χ0n) is 15.2. The molecule has 1 heterocycles. The highest BCUT2D eigenvalue weighted by atomic mass is 35.5. The van der Waals surface area contributed by atoms with Gasteiger partial charge in [0.05, 0.1) is 12.6 Å². The fraction of sp³-hybridized carbons (Fsp3) is 0.300. The van der Waals surface area contributed by atoms with E-state index < -0.39 is 18.1 Å². The summed E-state index contributed by atoms with van der Waals surface area (Å²) in [5, 5.41) is 10.1. The molecule has 0 unspecified atom stereocenters. The second-order valence-corrected chi connectivity index (χ2v) is 6.68. The summed E-state index contributed by atoms with van der Waals surface area (Å²) in [7, 11) is 0. The van der Waals surface area contributed by atoms with Crippen LogP contribution in [0.4, 0.5) is 9.18 Å². The number of esters is 1. The van der Waals surface area contributed by atoms with Gasteiger partial charge < -0.3 is 14.6 Å². The second-order valence-electron chi connectivity index (χ2n) is 6.25. The van der Waals surface area contributed by atoms with Gasteiger partial charge in [-0.1, -0.05) is 17.7 Å². The molecule has 1 atom stereocenters. The third-order valence-corrected chi connectivity index (χ3v) is 4.73. The zero-order valence-corrected chi connectivity index (χ0v) is 15.9. The molecular formula is C20H19ClFNO5. The molecule has 0 aromatic heterocycles. The van der Waals surface area contributed by atoms with Crippen LogP contribution in [0.3, 0.4) is 0 Å². The minimum Gasteiger partial charge on any atom is -0.482 e. The van der Waals surface area contributed by atoms with Crippen LogP contribution in [0.1, 0.15) is 29.7 Å². The molecule has 0 bridgehead atoms. The topological polar surface area (TPSA) is 76.1 Å². The van der Waals surface area contributed by atoms with Gasteiger partial charge in [0.25, 0.3) is 0 Å². The van der Waals surface area contributed by atoms with Crippen molar-refractivity contribution < 1.29 is 28.6 Å². The number of benzene rings is 2. The fourth-order valence-corrected chi connectivity index (χ4v) is 3.52. The number of ether oxygens (including phenoxy) is 2. The lowest BCUT2D eigenvalue weighted by atomic mass is 9.88. The van der Waals surface area contributed by atoms with Crippen molar-refractivity contribution in [3.8, 4) is 5.75 Å². The van der Waals surface area contributed by atoms with Crippen molar-refractivity contribution in [2.45, 2.75) is 19.4 Å². The van der Waals surface area contributed by atoms with Crippen LogP contribution in [-0.4, -0.2) is 41.8 Å². The van der Waals surface area contributed by atoms with E-state index in [-0.39, 0.29) is 25.6 Å². The number of rotatable bonds is 5. The number of hydrogen-bond acceptors (Lipinski definition) is 4. The van der Waals surface area contributed by atoms with Crippen molar-refractivity contribution in [1.82, 2.24) is 4.90 Å². The van der Waals surface area contributed by atoms with Crippen LogP contribution in [-0.2, 0) is 16.0 Å². The molecule has 1 aliphatic rings. The van der Waals surface area contributed by atoms with E-state index in [0.29, 0.717) is 28.3 Å². The zero-order chi connectivity index (χ0) is 20.3. The largest absolute Gasteiger partial charge is 0.482 e. The van der Waals surface area contributed by atoms with Crippen LogP contribution in [0.5, 0.6) is 5.75 Å². The van der Waals surface area contributed by atoms with Crippen molar-refractivity contribution in [2.24, 2.45) is 0 Å². The number of fused-ring (bicyclic) bond motifs is 1. The number of carboxylic acid groups (broad SMARTS) is 1. The molecule has 8 heteroatoms. The Kier molecular flexibility index (Phi) is 6.04. The number of nitrogens with zero attached hydrogens (tertiary/aromatic N) is 1. The van der Waals surface area contributed by atoms with Crippen LogP contribution >= 0.6 is 11.6 Å². The highest BCUT2D eigenvalue weighted by Gasteiger charge is 2.34. The van der Waals surface area contributed by atoms with Gasteiger partial charge in [-0.2, -0.15) is 0 Å². The minimum absolute atomic E-state index is 0.195. The van der Waals surface area contributed by atoms with E-state index in [2.05, 4.69) is 0 Å². The first-order chi connectivity index (χ1) is 13.4. The van der Waals surface area contributed by atoms with Gasteiger partial charge in [-0.3, -0.25) is 4.90 Å². The van der Waals surface area contributed by atoms with Crippen molar-refractivity contribution in [3.05, 3.63) is 63.9 Å². The predicted molar refractivity (Wildman–Crippen MR) is 100 cm³/mol. The van der Waals surface area contributed by atoms with Gasteiger partial charge in [-0.15, -0.1) is 0 Å². The van der Waals surface area contributed by atoms with E-state index in [1.165, 1.54) is 17.0 Å². The third-order valence-electron chi connectivity index (χ3n) is 4.50. The standard InChI is InChI=1S/C20H19ClFNO5/c1-2-27-18(24)11-28-17-6-3-13(21)10-16(17)19-15-5-4-14(22)9-12(15)7-8-23(19)20(25)26/h3-6,9-10,19H,2,7-8,11H2,1H3,(H,25,26)/t19-/m0/s1. The van der Waals surface area contributed by atoms with Gasteiger partial charge in [-0.05, 0) is 54.8 Å². The van der Waals surface area contributed by atoms with E-state index >= 15 is 0 Å². The van der Waals surface area contributed by atoms with E-state index in [0.717, 1.165) is 5.56 Å². The van der Waals surface area contributed by atoms with E-state index in [1.54, 1.807) is 31.2 Å². The lowest BCUT2D eigenvalue weighted by molar-refractivity contribution is -0.145. The molecule has 2 aromatic carbocycles. The maximum atomic E-state index is 13.7. The van der Waals surface area contributed by atoms with Crippen LogP contribution in [0.25, 0.3) is 0 Å². The first-order valence-corrected chi connectivity index (χ1v) is 9.14. The summed E-state index contributed by atoms with van der Waals surface area (Å²) in [6, 6.07) is 8.30. The quantitative estimate of drug-likeness (QED) is 0.757. The Morgan fingerprint density at radius 3 is 2.75 bits per heavy atom. The van der Waals surface area contributed by atoms with E-state index in [9.17, 15) is 19.1 Å². The summed E-state index contributed by atoms with van der Waals surface area (Å²) in [6.07, 6.45) is -0.716. The van der Waals surface area contributed by atoms with Crippen LogP contribution in [0.2, 0.25) is 5.02 Å². The van der Waals surface area contributed by atoms with E-state index in [4.69, 9.17) is 21.1 Å². The fourth-order valence-electron chi connectivity index (χ4n) is 3.34. The van der Waals surface area contributed by atoms with Crippen LogP contribution in [0.15, 0.2) is 36.4 Å². The Hall–Kier alpha value is -2.80. The van der Waals surface area contributed by atoms with Crippen LogP contribution in [0, 0.1) is 5.82 Å². The number of carbonyl (C=O) groups is 2. The molecule has 0 radical (unpaired) electrons. The molecule has 0 saturated carbocycles. The van der Waals surface area contributed by atoms with Crippen molar-refractivity contribution >= 4 is 23.7 Å². The van der Waals surface area contributed by atoms with Gasteiger partial charge in [0.2, 0.25) is 0 Å². The SMILES string of the molecule is CCOC(=O)COc1ccc(Cl)cc1[C@@H]1c2ccc(F)cc2CCN1C(=O)O. The first kappa shape index (κ1) is 19.9. The molecule has 1 amide bonds. The average molecular weight is 408 g/mol. The predicted octanol–water partition coefficient (Wildman–Crippen LogP) is 4.05. The number of hydrogen-bond donors (Lipinski definition) is 1. The molecule has 2 aromatic rings. The lowest BCUT2D eigenvalue weighted by Gasteiger charge is -2.36. The Labute approximate surface area is 166 Å². The summed E-state index contributed by atoms with van der Waals surface area (Å²) < 4.78 is 24.1. The Balaban J connectivity index is 2.05. The molecule has 0 spiro atoms. The Morgan fingerprint density at radius 2 is 2.04 bits per heavy atom. The number of amides is 1. The number of halogens is 2. The van der Waals surface area contributed by atoms with Gasteiger partial charge in [-0.25, -0.2) is 14.0 Å². The highest BCUT2D eigenvalue weighted by Crippen LogP contribution is 2.40. The molecular weight excluding hydrogens is 389 g/mol. The Bertz CT molecular complexity index is 904. The summed E-state index contributed by atoms with van der Waals surface area (Å²) >= 11 is 6.15. The summed E-state index contributed by atoms with van der Waals surface area (Å²) in [5.74, 6) is -0.610. The first-order valence-electron chi connectivity index (χ1n) is 8.76. The molecule has 1 N–H and O–H groups in total. The van der Waals surface area contributed by atoms with Gasteiger partial charge in [0.1, 0.15) is 11.6 Å². The number of carbonyl (C=O) groups excluding carboxylic acids is 1. The second kappa shape index (κ2) is 8.48. The summed E-state index contributed by atoms with van der Waals surface area (Å²) in [6.45, 7) is 1.79. The maximum Gasteiger partial charge on any atom is 0.408 e.